The first-order valence-corrected chi connectivity index (χ1v) is 17.5. The SMILES string of the molecule is CC1CCN(S(=O)(=O)c2ccc(S(=O)(=O)N3CCC[C@H](c4nc5c(nnn5Cc5cccc(Cl)c5)c(=O)[nH]4)C3)cc2)CC1. The summed E-state index contributed by atoms with van der Waals surface area (Å²) in [6.45, 7) is 3.73. The fourth-order valence-corrected chi connectivity index (χ4v) is 8.89. The molecule has 1 atom stereocenters. The highest BCUT2D eigenvalue weighted by molar-refractivity contribution is 7.89. The number of hydrogen-bond donors (Lipinski definition) is 1. The number of aromatic amines is 1. The summed E-state index contributed by atoms with van der Waals surface area (Å²) >= 11 is 6.12. The average molecular weight is 646 g/mol. The summed E-state index contributed by atoms with van der Waals surface area (Å²) in [6, 6.07) is 12.7. The molecule has 4 aromatic rings. The lowest BCUT2D eigenvalue weighted by atomic mass is 9.99. The first-order valence-electron chi connectivity index (χ1n) is 14.2. The van der Waals surface area contributed by atoms with E-state index < -0.39 is 25.6 Å². The van der Waals surface area contributed by atoms with Crippen LogP contribution >= 0.6 is 11.6 Å². The summed E-state index contributed by atoms with van der Waals surface area (Å²) in [4.78, 5) is 20.4. The van der Waals surface area contributed by atoms with Crippen LogP contribution in [0.25, 0.3) is 11.2 Å². The van der Waals surface area contributed by atoms with Crippen LogP contribution in [0.1, 0.15) is 49.9 Å². The topological polar surface area (TPSA) is 151 Å². The molecule has 2 fully saturated rings. The van der Waals surface area contributed by atoms with Crippen molar-refractivity contribution in [2.24, 2.45) is 5.92 Å². The van der Waals surface area contributed by atoms with E-state index in [2.05, 4.69) is 27.2 Å². The van der Waals surface area contributed by atoms with E-state index in [1.54, 1.807) is 12.1 Å². The molecule has 1 N–H and O–H groups in total. The molecule has 2 aliphatic heterocycles. The average Bonchev–Trinajstić information content (AvgIpc) is 3.40. The van der Waals surface area contributed by atoms with Crippen LogP contribution in [0, 0.1) is 5.92 Å². The van der Waals surface area contributed by atoms with E-state index in [0.717, 1.165) is 18.4 Å². The minimum atomic E-state index is -3.93. The molecular weight excluding hydrogens is 614 g/mol. The standard InChI is InChI=1S/C28H32ClN7O5S2/c1-19-11-14-34(15-12-19)42(38,39)23-7-9-24(10-8-23)43(40,41)35-13-3-5-21(18-35)26-30-27-25(28(37)31-26)32-33-36(27)17-20-4-2-6-22(29)16-20/h2,4,6-10,16,19,21H,3,5,11-15,17-18H2,1H3,(H,30,31,37)/t21-/m0/s1. The van der Waals surface area contributed by atoms with Gasteiger partial charge in [-0.1, -0.05) is 35.9 Å². The number of sulfonamides is 2. The fourth-order valence-electron chi connectivity index (χ4n) is 5.68. The lowest BCUT2D eigenvalue weighted by molar-refractivity contribution is 0.288. The summed E-state index contributed by atoms with van der Waals surface area (Å²) in [6.07, 6.45) is 2.79. The molecule has 0 spiro atoms. The van der Waals surface area contributed by atoms with E-state index in [9.17, 15) is 21.6 Å². The zero-order chi connectivity index (χ0) is 30.4. The molecule has 6 rings (SSSR count). The number of rotatable bonds is 7. The molecule has 0 bridgehead atoms. The van der Waals surface area contributed by atoms with Crippen molar-refractivity contribution in [2.75, 3.05) is 26.2 Å². The minimum Gasteiger partial charge on any atom is -0.308 e. The van der Waals surface area contributed by atoms with Crippen LogP contribution in [0.2, 0.25) is 5.02 Å². The Morgan fingerprint density at radius 1 is 0.930 bits per heavy atom. The lowest BCUT2D eigenvalue weighted by Crippen LogP contribution is -2.40. The Morgan fingerprint density at radius 3 is 2.28 bits per heavy atom. The van der Waals surface area contributed by atoms with Crippen molar-refractivity contribution in [3.05, 3.63) is 75.3 Å². The molecule has 2 aromatic heterocycles. The highest BCUT2D eigenvalue weighted by atomic mass is 35.5. The summed E-state index contributed by atoms with van der Waals surface area (Å²) in [5, 5.41) is 8.68. The third-order valence-corrected chi connectivity index (χ3v) is 12.3. The second kappa shape index (κ2) is 11.7. The number of hydrogen-bond acceptors (Lipinski definition) is 8. The molecule has 0 amide bonds. The zero-order valence-electron chi connectivity index (χ0n) is 23.6. The molecule has 0 unspecified atom stereocenters. The van der Waals surface area contributed by atoms with Crippen molar-refractivity contribution in [3.63, 3.8) is 0 Å². The monoisotopic (exact) mass is 645 g/mol. The van der Waals surface area contributed by atoms with Crippen molar-refractivity contribution in [3.8, 4) is 0 Å². The second-order valence-electron chi connectivity index (χ2n) is 11.3. The van der Waals surface area contributed by atoms with Crippen LogP contribution in [0.15, 0.2) is 63.1 Å². The Balaban J connectivity index is 1.22. The Kier molecular flexibility index (Phi) is 8.15. The number of aromatic nitrogens is 5. The van der Waals surface area contributed by atoms with Gasteiger partial charge in [-0.15, -0.1) is 5.10 Å². The third kappa shape index (κ3) is 5.98. The van der Waals surface area contributed by atoms with E-state index in [0.29, 0.717) is 61.4 Å². The molecule has 12 nitrogen and oxygen atoms in total. The van der Waals surface area contributed by atoms with Crippen LogP contribution < -0.4 is 5.56 Å². The normalized spacial score (nSPS) is 19.6. The molecule has 228 valence electrons. The molecule has 43 heavy (non-hydrogen) atoms. The first kappa shape index (κ1) is 29.9. The number of piperidine rings is 2. The summed E-state index contributed by atoms with van der Waals surface area (Å²) in [5.41, 5.74) is 0.818. The smallest absolute Gasteiger partial charge is 0.281 e. The predicted molar refractivity (Wildman–Crippen MR) is 161 cm³/mol. The van der Waals surface area contributed by atoms with Gasteiger partial charge >= 0.3 is 0 Å². The van der Waals surface area contributed by atoms with Crippen molar-refractivity contribution in [2.45, 2.75) is 54.9 Å². The molecule has 0 saturated carbocycles. The number of halogens is 1. The van der Waals surface area contributed by atoms with Gasteiger partial charge in [0.25, 0.3) is 5.56 Å². The Bertz CT molecular complexity index is 1920. The maximum Gasteiger partial charge on any atom is 0.281 e. The molecule has 4 heterocycles. The van der Waals surface area contributed by atoms with Gasteiger partial charge in [-0.25, -0.2) is 26.5 Å². The van der Waals surface area contributed by atoms with E-state index in [1.165, 1.54) is 37.6 Å². The van der Waals surface area contributed by atoms with Crippen LogP contribution in [0.4, 0.5) is 0 Å². The molecular formula is C28H32ClN7O5S2. The predicted octanol–water partition coefficient (Wildman–Crippen LogP) is 3.21. The van der Waals surface area contributed by atoms with E-state index >= 15 is 0 Å². The van der Waals surface area contributed by atoms with Gasteiger partial charge < -0.3 is 4.98 Å². The van der Waals surface area contributed by atoms with Gasteiger partial charge in [0.1, 0.15) is 5.82 Å². The lowest BCUT2D eigenvalue weighted by Gasteiger charge is -2.31. The van der Waals surface area contributed by atoms with Crippen LogP contribution in [-0.2, 0) is 26.6 Å². The van der Waals surface area contributed by atoms with Crippen LogP contribution in [0.5, 0.6) is 0 Å². The highest BCUT2D eigenvalue weighted by Crippen LogP contribution is 2.30. The van der Waals surface area contributed by atoms with Gasteiger partial charge in [-0.05, 0) is 73.6 Å². The second-order valence-corrected chi connectivity index (χ2v) is 15.6. The molecule has 2 aliphatic rings. The summed E-state index contributed by atoms with van der Waals surface area (Å²) < 4.78 is 57.8. The van der Waals surface area contributed by atoms with Gasteiger partial charge in [0, 0.05) is 37.1 Å². The van der Waals surface area contributed by atoms with Gasteiger partial charge in [-0.3, -0.25) is 4.79 Å². The summed E-state index contributed by atoms with van der Waals surface area (Å²) in [5.74, 6) is 0.482. The number of nitrogens with zero attached hydrogens (tertiary/aromatic N) is 6. The zero-order valence-corrected chi connectivity index (χ0v) is 25.9. The maximum atomic E-state index is 13.6. The third-order valence-electron chi connectivity index (χ3n) is 8.23. The molecule has 0 aliphatic carbocycles. The van der Waals surface area contributed by atoms with Gasteiger partial charge in [0.2, 0.25) is 20.0 Å². The van der Waals surface area contributed by atoms with Gasteiger partial charge in [-0.2, -0.15) is 8.61 Å². The van der Waals surface area contributed by atoms with E-state index in [1.807, 2.05) is 12.1 Å². The molecule has 15 heteroatoms. The molecule has 2 saturated heterocycles. The van der Waals surface area contributed by atoms with Crippen LogP contribution in [-0.4, -0.2) is 76.6 Å². The van der Waals surface area contributed by atoms with Gasteiger partial charge in [0.15, 0.2) is 11.2 Å². The van der Waals surface area contributed by atoms with Crippen molar-refractivity contribution in [1.29, 1.82) is 0 Å². The first-order chi connectivity index (χ1) is 20.5. The largest absolute Gasteiger partial charge is 0.308 e. The van der Waals surface area contributed by atoms with E-state index in [4.69, 9.17) is 11.6 Å². The highest BCUT2D eigenvalue weighted by Gasteiger charge is 2.33. The van der Waals surface area contributed by atoms with Crippen molar-refractivity contribution < 1.29 is 16.8 Å². The quantitative estimate of drug-likeness (QED) is 0.322. The Labute approximate surface area is 254 Å². The maximum absolute atomic E-state index is 13.6. The van der Waals surface area contributed by atoms with E-state index in [-0.39, 0.29) is 27.8 Å². The van der Waals surface area contributed by atoms with Crippen molar-refractivity contribution >= 4 is 42.8 Å². The Morgan fingerprint density at radius 2 is 1.60 bits per heavy atom. The van der Waals surface area contributed by atoms with Gasteiger partial charge in [0.05, 0.1) is 16.3 Å². The number of nitrogens with one attached hydrogen (secondary N) is 1. The number of H-pyrrole nitrogens is 1. The summed E-state index contributed by atoms with van der Waals surface area (Å²) in [7, 11) is -7.63. The Hall–Kier alpha value is -3.17. The number of fused-ring (bicyclic) bond motifs is 1. The fraction of sp³-hybridized carbons (Fsp3) is 0.429. The molecule has 0 radical (unpaired) electrons. The van der Waals surface area contributed by atoms with Crippen molar-refractivity contribution in [1.82, 2.24) is 33.6 Å². The molecule has 2 aromatic carbocycles. The number of benzene rings is 2. The van der Waals surface area contributed by atoms with Crippen LogP contribution in [0.3, 0.4) is 0 Å². The minimum absolute atomic E-state index is 0.0140.